The topological polar surface area (TPSA) is 117 Å². The number of ether oxygens (including phenoxy) is 2. The normalized spacial score (nSPS) is 13.0. The zero-order chi connectivity index (χ0) is 30.4. The third-order valence-electron chi connectivity index (χ3n) is 6.33. The maximum Gasteiger partial charge on any atom is 0.325 e. The number of hydrogen-bond donors (Lipinski definition) is 1. The lowest BCUT2D eigenvalue weighted by Gasteiger charge is -2.08. The van der Waals surface area contributed by atoms with Crippen molar-refractivity contribution in [1.29, 1.82) is 0 Å². The molecule has 10 heteroatoms. The largest absolute Gasteiger partial charge is 0.493 e. The number of nitrogens with one attached hydrogen (secondary N) is 1. The summed E-state index contributed by atoms with van der Waals surface area (Å²) >= 11 is 5.88. The fourth-order valence-corrected chi connectivity index (χ4v) is 4.38. The lowest BCUT2D eigenvalue weighted by molar-refractivity contribution is -0.763. The zero-order valence-electron chi connectivity index (χ0n) is 24.2. The van der Waals surface area contributed by atoms with Gasteiger partial charge < -0.3 is 19.6 Å². The van der Waals surface area contributed by atoms with Gasteiger partial charge in [0, 0.05) is 11.4 Å². The highest BCUT2D eigenvalue weighted by Gasteiger charge is 2.11. The minimum Gasteiger partial charge on any atom is -0.493 e. The van der Waals surface area contributed by atoms with Crippen molar-refractivity contribution < 1.29 is 29.0 Å². The SMILES string of the molecule is C/C=C\CCCC(=O)NCC(=O)OCc1cccc(CO[N+](=O)[O-])c1.Clc1cccc(OCC/C=C/C2CCCC2)c1. The number of unbranched alkanes of at least 4 members (excludes halogenated alkanes) is 1. The Morgan fingerprint density at radius 1 is 1.05 bits per heavy atom. The predicted molar refractivity (Wildman–Crippen MR) is 162 cm³/mol. The van der Waals surface area contributed by atoms with Crippen molar-refractivity contribution in [1.82, 2.24) is 5.32 Å². The summed E-state index contributed by atoms with van der Waals surface area (Å²) < 4.78 is 10.7. The lowest BCUT2D eigenvalue weighted by atomic mass is 10.1. The number of carbonyl (C=O) groups is 2. The number of rotatable bonds is 16. The van der Waals surface area contributed by atoms with Gasteiger partial charge in [-0.15, -0.1) is 10.1 Å². The molecule has 0 bridgehead atoms. The Hall–Kier alpha value is -3.85. The summed E-state index contributed by atoms with van der Waals surface area (Å²) in [4.78, 5) is 37.6. The molecule has 3 rings (SSSR count). The van der Waals surface area contributed by atoms with Gasteiger partial charge in [0.1, 0.15) is 25.5 Å². The summed E-state index contributed by atoms with van der Waals surface area (Å²) in [5.74, 6) is 0.932. The first-order valence-electron chi connectivity index (χ1n) is 14.3. The van der Waals surface area contributed by atoms with Crippen molar-refractivity contribution in [3.8, 4) is 5.75 Å². The monoisotopic (exact) mass is 600 g/mol. The number of hydrogen-bond acceptors (Lipinski definition) is 7. The van der Waals surface area contributed by atoms with Gasteiger partial charge in [-0.1, -0.05) is 79.1 Å². The Kier molecular flexibility index (Phi) is 17.1. The van der Waals surface area contributed by atoms with Gasteiger partial charge in [-0.3, -0.25) is 9.59 Å². The lowest BCUT2D eigenvalue weighted by Crippen LogP contribution is -2.30. The van der Waals surface area contributed by atoms with E-state index in [0.717, 1.165) is 42.6 Å². The van der Waals surface area contributed by atoms with E-state index in [4.69, 9.17) is 21.1 Å². The first-order chi connectivity index (χ1) is 20.4. The molecular formula is C32H41ClN2O7. The number of halogens is 1. The second-order valence-corrected chi connectivity index (χ2v) is 10.2. The highest BCUT2D eigenvalue weighted by Crippen LogP contribution is 2.25. The summed E-state index contributed by atoms with van der Waals surface area (Å²) in [5, 5.41) is 12.5. The number of benzene rings is 2. The van der Waals surface area contributed by atoms with Crippen LogP contribution in [0.4, 0.5) is 0 Å². The molecule has 42 heavy (non-hydrogen) atoms. The van der Waals surface area contributed by atoms with Crippen molar-refractivity contribution in [3.05, 3.63) is 99.1 Å². The second-order valence-electron chi connectivity index (χ2n) is 9.78. The third-order valence-corrected chi connectivity index (χ3v) is 6.56. The first kappa shape index (κ1) is 34.4. The van der Waals surface area contributed by atoms with Crippen LogP contribution in [0, 0.1) is 16.0 Å². The van der Waals surface area contributed by atoms with Gasteiger partial charge in [-0.05, 0) is 74.3 Å². The van der Waals surface area contributed by atoms with Gasteiger partial charge in [0.25, 0.3) is 5.09 Å². The van der Waals surface area contributed by atoms with E-state index in [2.05, 4.69) is 22.3 Å². The molecule has 0 aromatic heterocycles. The molecule has 0 radical (unpaired) electrons. The van der Waals surface area contributed by atoms with Crippen LogP contribution >= 0.6 is 11.6 Å². The van der Waals surface area contributed by atoms with Gasteiger partial charge in [-0.25, -0.2) is 0 Å². The molecule has 0 spiro atoms. The minimum atomic E-state index is -0.867. The number of nitrogens with zero attached hydrogens (tertiary/aromatic N) is 1. The van der Waals surface area contributed by atoms with E-state index in [1.54, 1.807) is 24.3 Å². The molecule has 228 valence electrons. The van der Waals surface area contributed by atoms with Gasteiger partial charge in [0.05, 0.1) is 6.61 Å². The van der Waals surface area contributed by atoms with Crippen LogP contribution in [0.1, 0.15) is 69.4 Å². The molecule has 1 aliphatic carbocycles. The highest BCUT2D eigenvalue weighted by atomic mass is 35.5. The van der Waals surface area contributed by atoms with Crippen LogP contribution in [0.25, 0.3) is 0 Å². The number of amides is 1. The quantitative estimate of drug-likeness (QED) is 0.0714. The minimum absolute atomic E-state index is 0.0162. The average molecular weight is 601 g/mol. The highest BCUT2D eigenvalue weighted by molar-refractivity contribution is 6.30. The van der Waals surface area contributed by atoms with Crippen LogP contribution in [-0.2, 0) is 32.4 Å². The Balaban J connectivity index is 0.000000314. The van der Waals surface area contributed by atoms with Crippen LogP contribution in [0.15, 0.2) is 72.8 Å². The molecule has 2 aromatic rings. The van der Waals surface area contributed by atoms with Crippen molar-refractivity contribution in [2.75, 3.05) is 13.2 Å². The van der Waals surface area contributed by atoms with E-state index in [9.17, 15) is 19.7 Å². The molecule has 0 unspecified atom stereocenters. The van der Waals surface area contributed by atoms with Crippen molar-refractivity contribution in [3.63, 3.8) is 0 Å². The van der Waals surface area contributed by atoms with Gasteiger partial charge in [0.2, 0.25) is 5.91 Å². The van der Waals surface area contributed by atoms with Crippen LogP contribution in [-0.4, -0.2) is 30.1 Å². The Labute approximate surface area is 253 Å². The van der Waals surface area contributed by atoms with E-state index >= 15 is 0 Å². The zero-order valence-corrected chi connectivity index (χ0v) is 24.9. The maximum absolute atomic E-state index is 11.6. The third kappa shape index (κ3) is 16.4. The fourth-order valence-electron chi connectivity index (χ4n) is 4.20. The summed E-state index contributed by atoms with van der Waals surface area (Å²) in [5.41, 5.74) is 1.27. The number of allylic oxidation sites excluding steroid dienone is 3. The molecule has 0 atom stereocenters. The van der Waals surface area contributed by atoms with Gasteiger partial charge in [0.15, 0.2) is 0 Å². The molecule has 1 saturated carbocycles. The Bertz CT molecular complexity index is 1160. The maximum atomic E-state index is 11.6. The van der Waals surface area contributed by atoms with Crippen molar-refractivity contribution in [2.45, 2.75) is 71.5 Å². The second kappa shape index (κ2) is 20.9. The summed E-state index contributed by atoms with van der Waals surface area (Å²) in [6.45, 7) is 2.30. The Morgan fingerprint density at radius 2 is 1.79 bits per heavy atom. The predicted octanol–water partition coefficient (Wildman–Crippen LogP) is 7.16. The number of esters is 1. The van der Waals surface area contributed by atoms with E-state index in [-0.39, 0.29) is 25.7 Å². The molecule has 1 N–H and O–H groups in total. The number of carbonyl (C=O) groups excluding carboxylic acids is 2. The smallest absolute Gasteiger partial charge is 0.325 e. The summed E-state index contributed by atoms with van der Waals surface area (Å²) in [6, 6.07) is 14.3. The molecule has 2 aromatic carbocycles. The molecule has 9 nitrogen and oxygen atoms in total. The van der Waals surface area contributed by atoms with Crippen LogP contribution in [0.5, 0.6) is 5.75 Å². The molecular weight excluding hydrogens is 560 g/mol. The Morgan fingerprint density at radius 3 is 2.50 bits per heavy atom. The first-order valence-corrected chi connectivity index (χ1v) is 14.7. The summed E-state index contributed by atoms with van der Waals surface area (Å²) in [7, 11) is 0. The fraction of sp³-hybridized carbons (Fsp3) is 0.438. The molecule has 0 heterocycles. The standard InChI is InChI=1S/C17H22N2O6.C15H19ClO/c1-2-3-4-5-9-16(20)18-11-17(21)24-12-14-7-6-8-15(10-14)13-25-19(22)23;16-14-9-5-10-15(12-14)17-11-4-3-8-13-6-1-2-7-13/h2-3,6-8,10H,4-5,9,11-13H2,1H3,(H,18,20);3,5,8-10,12-13H,1-2,4,6-7,11H2/b3-2-;8-3+. The van der Waals surface area contributed by atoms with Gasteiger partial charge >= 0.3 is 5.97 Å². The molecule has 0 saturated heterocycles. The van der Waals surface area contributed by atoms with Crippen molar-refractivity contribution in [2.24, 2.45) is 5.92 Å². The van der Waals surface area contributed by atoms with Crippen LogP contribution in [0.3, 0.4) is 0 Å². The molecule has 1 fully saturated rings. The van der Waals surface area contributed by atoms with Crippen molar-refractivity contribution >= 4 is 23.5 Å². The van der Waals surface area contributed by atoms with Crippen LogP contribution in [0.2, 0.25) is 5.02 Å². The molecule has 0 aliphatic heterocycles. The van der Waals surface area contributed by atoms with Crippen LogP contribution < -0.4 is 10.1 Å². The summed E-state index contributed by atoms with van der Waals surface area (Å²) in [6.07, 6.45) is 16.9. The van der Waals surface area contributed by atoms with E-state index in [1.807, 2.05) is 43.3 Å². The molecule has 1 amide bonds. The molecule has 1 aliphatic rings. The average Bonchev–Trinajstić information content (AvgIpc) is 3.50. The van der Waals surface area contributed by atoms with E-state index in [0.29, 0.717) is 17.5 Å². The van der Waals surface area contributed by atoms with E-state index < -0.39 is 11.1 Å². The van der Waals surface area contributed by atoms with E-state index in [1.165, 1.54) is 25.7 Å². The van der Waals surface area contributed by atoms with Gasteiger partial charge in [-0.2, -0.15) is 0 Å².